The van der Waals surface area contributed by atoms with Crippen molar-refractivity contribution in [1.82, 2.24) is 15.6 Å². The third-order valence-corrected chi connectivity index (χ3v) is 7.77. The smallest absolute Gasteiger partial charge is 0.250 e. The second-order valence-corrected chi connectivity index (χ2v) is 10.1. The van der Waals surface area contributed by atoms with E-state index in [-0.39, 0.29) is 11.7 Å². The Morgan fingerprint density at radius 2 is 1.76 bits per heavy atom. The van der Waals surface area contributed by atoms with Gasteiger partial charge < -0.3 is 14.2 Å². The van der Waals surface area contributed by atoms with E-state index in [2.05, 4.69) is 20.7 Å². The third-order valence-electron chi connectivity index (χ3n) is 4.16. The summed E-state index contributed by atoms with van der Waals surface area (Å²) in [6.07, 6.45) is 1.47. The van der Waals surface area contributed by atoms with Crippen molar-refractivity contribution in [1.29, 1.82) is 0 Å². The summed E-state index contributed by atoms with van der Waals surface area (Å²) >= 11 is 10.5. The lowest BCUT2D eigenvalue weighted by Crippen LogP contribution is -2.19. The zero-order valence-corrected chi connectivity index (χ0v) is 21.2. The molecular weight excluding hydrogens is 504 g/mol. The fourth-order valence-corrected chi connectivity index (χ4v) is 5.66. The van der Waals surface area contributed by atoms with E-state index in [1.807, 2.05) is 24.3 Å². The molecule has 0 radical (unpaired) electrons. The van der Waals surface area contributed by atoms with E-state index in [4.69, 9.17) is 25.8 Å². The lowest BCUT2D eigenvalue weighted by atomic mass is 10.2. The summed E-state index contributed by atoms with van der Waals surface area (Å²) in [5.74, 6) is 2.18. The molecule has 8 nitrogen and oxygen atoms in total. The standard InChI is InChI=1S/C21H21ClN4O4S3/c1-28-14-8-17(29-2)15(18(9-14)30-3)10-23-24-19(27)12-32-21-26-25-20(33-21)31-11-13-6-4-5-7-16(13)22/h4-10H,11-12H2,1-3H3,(H,24,27)/b23-10+. The minimum absolute atomic E-state index is 0.151. The summed E-state index contributed by atoms with van der Waals surface area (Å²) in [6, 6.07) is 11.1. The summed E-state index contributed by atoms with van der Waals surface area (Å²) in [5, 5.41) is 13.0. The zero-order valence-electron chi connectivity index (χ0n) is 18.0. The minimum atomic E-state index is -0.275. The van der Waals surface area contributed by atoms with Crippen LogP contribution >= 0.6 is 46.5 Å². The molecule has 1 amide bonds. The van der Waals surface area contributed by atoms with Gasteiger partial charge in [-0.05, 0) is 11.6 Å². The molecule has 0 unspecified atom stereocenters. The number of halogens is 1. The maximum atomic E-state index is 12.2. The van der Waals surface area contributed by atoms with Gasteiger partial charge in [-0.15, -0.1) is 10.2 Å². The number of rotatable bonds is 11. The number of amides is 1. The number of carbonyl (C=O) groups is 1. The van der Waals surface area contributed by atoms with Gasteiger partial charge in [0.15, 0.2) is 8.68 Å². The van der Waals surface area contributed by atoms with Gasteiger partial charge in [-0.25, -0.2) is 5.43 Å². The molecule has 0 fully saturated rings. The van der Waals surface area contributed by atoms with Crippen molar-refractivity contribution in [2.75, 3.05) is 27.1 Å². The quantitative estimate of drug-likeness (QED) is 0.218. The summed E-state index contributed by atoms with van der Waals surface area (Å²) in [5.41, 5.74) is 4.12. The van der Waals surface area contributed by atoms with E-state index in [1.165, 1.54) is 43.5 Å². The summed E-state index contributed by atoms with van der Waals surface area (Å²) in [6.45, 7) is 0. The monoisotopic (exact) mass is 524 g/mol. The number of hydrazone groups is 1. The Bertz CT molecular complexity index is 1100. The van der Waals surface area contributed by atoms with Crippen molar-refractivity contribution < 1.29 is 19.0 Å². The molecule has 0 aliphatic rings. The summed E-state index contributed by atoms with van der Waals surface area (Å²) < 4.78 is 17.5. The molecule has 33 heavy (non-hydrogen) atoms. The molecule has 0 atom stereocenters. The Morgan fingerprint density at radius 1 is 1.09 bits per heavy atom. The molecule has 3 aromatic rings. The molecule has 0 saturated heterocycles. The van der Waals surface area contributed by atoms with Gasteiger partial charge in [-0.1, -0.05) is 64.7 Å². The maximum absolute atomic E-state index is 12.2. The number of hydrogen-bond acceptors (Lipinski definition) is 10. The molecule has 174 valence electrons. The van der Waals surface area contributed by atoms with Crippen LogP contribution in [0.3, 0.4) is 0 Å². The second-order valence-electron chi connectivity index (χ2n) is 6.24. The lowest BCUT2D eigenvalue weighted by Gasteiger charge is -2.12. The molecule has 0 aliphatic heterocycles. The van der Waals surface area contributed by atoms with Gasteiger partial charge in [-0.3, -0.25) is 4.79 Å². The zero-order chi connectivity index (χ0) is 23.6. The number of nitrogens with zero attached hydrogens (tertiary/aromatic N) is 3. The van der Waals surface area contributed by atoms with E-state index in [0.29, 0.717) is 32.9 Å². The first-order valence-electron chi connectivity index (χ1n) is 9.48. The first-order valence-corrected chi connectivity index (χ1v) is 12.6. The van der Waals surface area contributed by atoms with Gasteiger partial charge in [0, 0.05) is 22.9 Å². The van der Waals surface area contributed by atoms with Crippen LogP contribution in [0, 0.1) is 0 Å². The molecule has 1 aromatic heterocycles. The Morgan fingerprint density at radius 3 is 2.39 bits per heavy atom. The number of methoxy groups -OCH3 is 3. The number of benzene rings is 2. The van der Waals surface area contributed by atoms with Gasteiger partial charge in [-0.2, -0.15) is 5.10 Å². The number of ether oxygens (including phenoxy) is 3. The third kappa shape index (κ3) is 7.26. The van der Waals surface area contributed by atoms with Crippen LogP contribution in [0.5, 0.6) is 17.2 Å². The Balaban J connectivity index is 1.50. The highest BCUT2D eigenvalue weighted by atomic mass is 35.5. The van der Waals surface area contributed by atoms with Crippen LogP contribution < -0.4 is 19.6 Å². The van der Waals surface area contributed by atoms with Gasteiger partial charge in [0.1, 0.15) is 17.2 Å². The molecule has 12 heteroatoms. The highest BCUT2D eigenvalue weighted by molar-refractivity contribution is 8.03. The molecule has 0 spiro atoms. The Hall–Kier alpha value is -2.47. The topological polar surface area (TPSA) is 94.9 Å². The first kappa shape index (κ1) is 25.2. The molecular formula is C21H21ClN4O4S3. The number of carbonyl (C=O) groups excluding carboxylic acids is 1. The highest BCUT2D eigenvalue weighted by Gasteiger charge is 2.12. The number of nitrogens with one attached hydrogen (secondary N) is 1. The lowest BCUT2D eigenvalue weighted by molar-refractivity contribution is -0.118. The summed E-state index contributed by atoms with van der Waals surface area (Å²) in [7, 11) is 4.62. The molecule has 1 heterocycles. The van der Waals surface area contributed by atoms with Gasteiger partial charge >= 0.3 is 0 Å². The molecule has 3 rings (SSSR count). The van der Waals surface area contributed by atoms with Crippen molar-refractivity contribution in [3.05, 3.63) is 52.5 Å². The van der Waals surface area contributed by atoms with Crippen LogP contribution in [-0.2, 0) is 10.5 Å². The van der Waals surface area contributed by atoms with E-state index in [9.17, 15) is 4.79 Å². The van der Waals surface area contributed by atoms with Crippen LogP contribution in [0.15, 0.2) is 50.2 Å². The van der Waals surface area contributed by atoms with Crippen LogP contribution in [0.25, 0.3) is 0 Å². The number of thioether (sulfide) groups is 2. The van der Waals surface area contributed by atoms with Gasteiger partial charge in [0.2, 0.25) is 0 Å². The average Bonchev–Trinajstić information content (AvgIpc) is 3.30. The van der Waals surface area contributed by atoms with Crippen molar-refractivity contribution >= 4 is 58.6 Å². The van der Waals surface area contributed by atoms with Crippen molar-refractivity contribution in [2.45, 2.75) is 14.4 Å². The molecule has 1 N–H and O–H groups in total. The predicted octanol–water partition coefficient (Wildman–Crippen LogP) is 4.75. The van der Waals surface area contributed by atoms with Gasteiger partial charge in [0.25, 0.3) is 5.91 Å². The van der Waals surface area contributed by atoms with Crippen molar-refractivity contribution in [3.8, 4) is 17.2 Å². The summed E-state index contributed by atoms with van der Waals surface area (Å²) in [4.78, 5) is 12.2. The van der Waals surface area contributed by atoms with Crippen molar-refractivity contribution in [3.63, 3.8) is 0 Å². The van der Waals surface area contributed by atoms with E-state index in [0.717, 1.165) is 14.9 Å². The molecule has 2 aromatic carbocycles. The maximum Gasteiger partial charge on any atom is 0.250 e. The molecule has 0 saturated carbocycles. The Labute approximate surface area is 209 Å². The molecule has 0 aliphatic carbocycles. The van der Waals surface area contributed by atoms with E-state index < -0.39 is 0 Å². The van der Waals surface area contributed by atoms with Crippen LogP contribution in [-0.4, -0.2) is 49.4 Å². The molecule has 0 bridgehead atoms. The van der Waals surface area contributed by atoms with Crippen LogP contribution in [0.1, 0.15) is 11.1 Å². The number of aromatic nitrogens is 2. The largest absolute Gasteiger partial charge is 0.496 e. The van der Waals surface area contributed by atoms with E-state index >= 15 is 0 Å². The van der Waals surface area contributed by atoms with E-state index in [1.54, 1.807) is 31.0 Å². The fourth-order valence-electron chi connectivity index (χ4n) is 2.56. The predicted molar refractivity (Wildman–Crippen MR) is 133 cm³/mol. The minimum Gasteiger partial charge on any atom is -0.496 e. The second kappa shape index (κ2) is 12.7. The van der Waals surface area contributed by atoms with Gasteiger partial charge in [0.05, 0.1) is 38.9 Å². The van der Waals surface area contributed by atoms with Crippen LogP contribution in [0.4, 0.5) is 0 Å². The fraction of sp³-hybridized carbons (Fsp3) is 0.238. The normalized spacial score (nSPS) is 10.9. The average molecular weight is 525 g/mol. The number of hydrogen-bond donors (Lipinski definition) is 1. The SMILES string of the molecule is COc1cc(OC)c(/C=N/NC(=O)CSc2nnc(SCc3ccccc3Cl)s2)c(OC)c1. The van der Waals surface area contributed by atoms with Crippen LogP contribution in [0.2, 0.25) is 5.02 Å². The highest BCUT2D eigenvalue weighted by Crippen LogP contribution is 2.33. The first-order chi connectivity index (χ1) is 16.0. The Kier molecular flexibility index (Phi) is 9.67. The van der Waals surface area contributed by atoms with Crippen molar-refractivity contribution in [2.24, 2.45) is 5.10 Å².